The van der Waals surface area contributed by atoms with Crippen molar-refractivity contribution in [3.8, 4) is 0 Å². The maximum atomic E-state index is 11.5. The molecule has 2 atom stereocenters. The fourth-order valence-corrected chi connectivity index (χ4v) is 4.34. The molecule has 4 heterocycles. The number of hydrogen-bond acceptors (Lipinski definition) is 8. The van der Waals surface area contributed by atoms with Crippen molar-refractivity contribution >= 4 is 27.9 Å². The molecule has 136 valence electrons. The number of morpholine rings is 1. The third kappa shape index (κ3) is 3.34. The fraction of sp³-hybridized carbons (Fsp3) is 0.667. The van der Waals surface area contributed by atoms with Gasteiger partial charge in [-0.1, -0.05) is 11.3 Å². The maximum absolute atomic E-state index is 11.5. The lowest BCUT2D eigenvalue weighted by Gasteiger charge is -2.37. The molecule has 4 rings (SSSR count). The fourth-order valence-electron chi connectivity index (χ4n) is 3.63. The number of rotatable bonds is 6. The molecule has 2 fully saturated rings. The van der Waals surface area contributed by atoms with E-state index in [0.29, 0.717) is 23.2 Å². The molecule has 2 aliphatic heterocycles. The number of nitrogens with one attached hydrogen (secondary N) is 1. The Bertz CT molecular complexity index is 735. The smallest absolute Gasteiger partial charge is 0.372 e. The van der Waals surface area contributed by atoms with E-state index in [0.717, 1.165) is 45.9 Å². The molecule has 2 aromatic rings. The lowest BCUT2D eigenvalue weighted by molar-refractivity contribution is -0.389. The summed E-state index contributed by atoms with van der Waals surface area (Å²) in [6, 6.07) is 0.255. The Hall–Kier alpha value is -1.75. The summed E-state index contributed by atoms with van der Waals surface area (Å²) in [5.74, 6) is 0.766. The van der Waals surface area contributed by atoms with Crippen LogP contribution in [0, 0.1) is 16.0 Å². The largest absolute Gasteiger partial charge is 0.381 e. The summed E-state index contributed by atoms with van der Waals surface area (Å²) in [4.78, 5) is 18.5. The summed E-state index contributed by atoms with van der Waals surface area (Å²) >= 11 is 1.39. The molecule has 0 bridgehead atoms. The van der Waals surface area contributed by atoms with Crippen molar-refractivity contribution in [2.45, 2.75) is 12.5 Å². The van der Waals surface area contributed by atoms with Crippen LogP contribution < -0.4 is 5.32 Å². The molecule has 0 aliphatic carbocycles. The highest BCUT2D eigenvalue weighted by atomic mass is 32.1. The first-order chi connectivity index (χ1) is 12.2. The van der Waals surface area contributed by atoms with Crippen LogP contribution in [-0.4, -0.2) is 71.3 Å². The zero-order valence-electron chi connectivity index (χ0n) is 13.8. The highest BCUT2D eigenvalue weighted by Crippen LogP contribution is 2.29. The van der Waals surface area contributed by atoms with E-state index in [-0.39, 0.29) is 16.8 Å². The van der Waals surface area contributed by atoms with E-state index in [9.17, 15) is 10.1 Å². The van der Waals surface area contributed by atoms with Gasteiger partial charge in [-0.15, -0.1) is 0 Å². The number of imidazole rings is 1. The van der Waals surface area contributed by atoms with Crippen LogP contribution in [0.4, 0.5) is 11.6 Å². The van der Waals surface area contributed by atoms with Gasteiger partial charge in [0.15, 0.2) is 0 Å². The third-order valence-electron chi connectivity index (χ3n) is 4.91. The number of fused-ring (bicyclic) bond motifs is 1. The zero-order valence-corrected chi connectivity index (χ0v) is 14.6. The molecule has 10 heteroatoms. The predicted molar refractivity (Wildman–Crippen MR) is 93.3 cm³/mol. The molecule has 25 heavy (non-hydrogen) atoms. The summed E-state index contributed by atoms with van der Waals surface area (Å²) in [5.41, 5.74) is 0. The second kappa shape index (κ2) is 7.24. The van der Waals surface area contributed by atoms with E-state index < -0.39 is 0 Å². The van der Waals surface area contributed by atoms with Crippen molar-refractivity contribution in [2.75, 3.05) is 51.4 Å². The van der Waals surface area contributed by atoms with Gasteiger partial charge < -0.3 is 24.9 Å². The molecule has 2 aliphatic rings. The molecular formula is C15H21N5O4S. The Morgan fingerprint density at radius 2 is 2.24 bits per heavy atom. The second-order valence-electron chi connectivity index (χ2n) is 6.32. The highest BCUT2D eigenvalue weighted by Gasteiger charge is 2.32. The monoisotopic (exact) mass is 367 g/mol. The van der Waals surface area contributed by atoms with Crippen molar-refractivity contribution in [3.05, 3.63) is 21.7 Å². The van der Waals surface area contributed by atoms with E-state index in [1.807, 2.05) is 0 Å². The van der Waals surface area contributed by atoms with E-state index >= 15 is 0 Å². The van der Waals surface area contributed by atoms with Crippen molar-refractivity contribution < 1.29 is 14.4 Å². The molecule has 0 radical (unpaired) electrons. The van der Waals surface area contributed by atoms with Crippen LogP contribution in [0.5, 0.6) is 0 Å². The number of nitro groups is 1. The average molecular weight is 367 g/mol. The van der Waals surface area contributed by atoms with Gasteiger partial charge in [-0.3, -0.25) is 4.90 Å². The maximum Gasteiger partial charge on any atom is 0.372 e. The zero-order chi connectivity index (χ0) is 17.2. The van der Waals surface area contributed by atoms with Gasteiger partial charge in [-0.05, 0) is 11.3 Å². The van der Waals surface area contributed by atoms with E-state index in [2.05, 4.69) is 15.2 Å². The second-order valence-corrected chi connectivity index (χ2v) is 7.19. The first kappa shape index (κ1) is 16.7. The van der Waals surface area contributed by atoms with Crippen molar-refractivity contribution in [2.24, 2.45) is 5.92 Å². The first-order valence-electron chi connectivity index (χ1n) is 8.47. The van der Waals surface area contributed by atoms with Crippen LogP contribution in [0.3, 0.4) is 0 Å². The number of thiazole rings is 1. The highest BCUT2D eigenvalue weighted by molar-refractivity contribution is 7.15. The van der Waals surface area contributed by atoms with Gasteiger partial charge in [0.1, 0.15) is 6.20 Å². The number of nitrogens with zero attached hydrogens (tertiary/aromatic N) is 4. The molecule has 2 saturated heterocycles. The van der Waals surface area contributed by atoms with Gasteiger partial charge in [0, 0.05) is 43.6 Å². The minimum atomic E-state index is -0.378. The van der Waals surface area contributed by atoms with E-state index in [1.165, 1.54) is 15.7 Å². The first-order valence-corrected chi connectivity index (χ1v) is 9.35. The minimum absolute atomic E-state index is 0.000325. The van der Waals surface area contributed by atoms with Gasteiger partial charge in [0.25, 0.3) is 4.96 Å². The van der Waals surface area contributed by atoms with Gasteiger partial charge in [-0.25, -0.2) is 0 Å². The van der Waals surface area contributed by atoms with Crippen LogP contribution in [0.1, 0.15) is 6.42 Å². The number of aromatic nitrogens is 2. The molecule has 0 spiro atoms. The predicted octanol–water partition coefficient (Wildman–Crippen LogP) is 1.45. The number of ether oxygens (including phenoxy) is 2. The number of anilines is 1. The summed E-state index contributed by atoms with van der Waals surface area (Å²) in [7, 11) is 0. The number of hydrogen-bond donors (Lipinski definition) is 1. The Labute approximate surface area is 148 Å². The lowest BCUT2D eigenvalue weighted by Crippen LogP contribution is -2.50. The Balaban J connectivity index is 1.53. The average Bonchev–Trinajstić information content (AvgIpc) is 3.32. The molecule has 9 nitrogen and oxygen atoms in total. The van der Waals surface area contributed by atoms with Crippen molar-refractivity contribution in [1.82, 2.24) is 14.3 Å². The van der Waals surface area contributed by atoms with Crippen LogP contribution >= 0.6 is 11.3 Å². The van der Waals surface area contributed by atoms with E-state index in [4.69, 9.17) is 9.47 Å². The normalized spacial score (nSPS) is 23.1. The Kier molecular flexibility index (Phi) is 4.84. The Morgan fingerprint density at radius 3 is 2.96 bits per heavy atom. The quantitative estimate of drug-likeness (QED) is 0.610. The standard InChI is InChI=1S/C15H21N5O4S/c21-20(22)14-13(17-15-19(14)4-8-25-15)16-9-12(11-1-5-24-10-11)18-2-6-23-7-3-18/h4,8,11-12,16H,1-3,5-7,9-10H2/t11-,12+/m0/s1. The summed E-state index contributed by atoms with van der Waals surface area (Å²) < 4.78 is 12.5. The third-order valence-corrected chi connectivity index (χ3v) is 5.67. The molecule has 0 saturated carbocycles. The molecular weight excluding hydrogens is 346 g/mol. The molecule has 0 unspecified atom stereocenters. The minimum Gasteiger partial charge on any atom is -0.381 e. The lowest BCUT2D eigenvalue weighted by atomic mass is 9.97. The van der Waals surface area contributed by atoms with Crippen molar-refractivity contribution in [1.29, 1.82) is 0 Å². The summed E-state index contributed by atoms with van der Waals surface area (Å²) in [6.07, 6.45) is 2.70. The Morgan fingerprint density at radius 1 is 1.40 bits per heavy atom. The molecule has 0 aromatic carbocycles. The van der Waals surface area contributed by atoms with Crippen LogP contribution in [-0.2, 0) is 9.47 Å². The molecule has 2 aromatic heterocycles. The van der Waals surface area contributed by atoms with Gasteiger partial charge >= 0.3 is 5.82 Å². The molecule has 0 amide bonds. The van der Waals surface area contributed by atoms with Gasteiger partial charge in [0.2, 0.25) is 5.82 Å². The van der Waals surface area contributed by atoms with Crippen LogP contribution in [0.25, 0.3) is 4.96 Å². The van der Waals surface area contributed by atoms with Gasteiger partial charge in [0.05, 0.1) is 19.8 Å². The van der Waals surface area contributed by atoms with E-state index in [1.54, 1.807) is 11.6 Å². The van der Waals surface area contributed by atoms with Crippen LogP contribution in [0.2, 0.25) is 0 Å². The van der Waals surface area contributed by atoms with Crippen LogP contribution in [0.15, 0.2) is 11.6 Å². The topological polar surface area (TPSA) is 94.2 Å². The SMILES string of the molecule is O=[N+]([O-])c1c(NC[C@H]([C@H]2CCOC2)N2CCOCC2)nc2sccn12. The molecule has 1 N–H and O–H groups in total. The summed E-state index contributed by atoms with van der Waals surface area (Å²) in [6.45, 7) is 5.34. The summed E-state index contributed by atoms with van der Waals surface area (Å²) in [5, 5.41) is 16.5. The van der Waals surface area contributed by atoms with Crippen molar-refractivity contribution in [3.63, 3.8) is 0 Å². The van der Waals surface area contributed by atoms with Gasteiger partial charge in [-0.2, -0.15) is 9.38 Å².